The van der Waals surface area contributed by atoms with Crippen LogP contribution in [0.4, 0.5) is 0 Å². The van der Waals surface area contributed by atoms with Crippen molar-refractivity contribution in [1.29, 1.82) is 0 Å². The minimum Gasteiger partial charge on any atom is -0.493 e. The molecular weight excluding hydrogens is 228 g/mol. The van der Waals surface area contributed by atoms with Crippen molar-refractivity contribution in [3.8, 4) is 5.88 Å². The summed E-state index contributed by atoms with van der Waals surface area (Å²) in [5.41, 5.74) is 1.88. The Morgan fingerprint density at radius 2 is 2.17 bits per heavy atom. The Labute approximate surface area is 106 Å². The minimum absolute atomic E-state index is 0.0848. The van der Waals surface area contributed by atoms with Gasteiger partial charge < -0.3 is 15.0 Å². The third kappa shape index (κ3) is 1.95. The normalized spacial score (nSPS) is 17.4. The summed E-state index contributed by atoms with van der Waals surface area (Å²) in [6.07, 6.45) is 5.91. The zero-order valence-corrected chi connectivity index (χ0v) is 10.6. The van der Waals surface area contributed by atoms with Gasteiger partial charge in [-0.05, 0) is 44.3 Å². The summed E-state index contributed by atoms with van der Waals surface area (Å²) in [4.78, 5) is 8.15. The van der Waals surface area contributed by atoms with E-state index in [4.69, 9.17) is 0 Å². The summed E-state index contributed by atoms with van der Waals surface area (Å²) in [7, 11) is 0. The molecule has 0 radical (unpaired) electrons. The molecule has 2 aromatic rings. The molecular formula is C13H18N4O. The van der Waals surface area contributed by atoms with E-state index in [1.54, 1.807) is 0 Å². The van der Waals surface area contributed by atoms with Crippen molar-refractivity contribution >= 4 is 11.0 Å². The standard InChI is InChI=1S/C13H18N4O/c1-9-6-17(7-10-2-4-14-5-3-10)12-11(9)13(18)16-8-15-12/h6,8,10,14H,2-5,7H2,1H3,(H,15,16,18). The predicted molar refractivity (Wildman–Crippen MR) is 69.5 cm³/mol. The Kier molecular flexibility index (Phi) is 2.91. The van der Waals surface area contributed by atoms with Crippen LogP contribution in [-0.2, 0) is 6.54 Å². The van der Waals surface area contributed by atoms with Crippen LogP contribution in [0.15, 0.2) is 12.5 Å². The smallest absolute Gasteiger partial charge is 0.223 e. The Morgan fingerprint density at radius 1 is 1.39 bits per heavy atom. The summed E-state index contributed by atoms with van der Waals surface area (Å²) in [5, 5.41) is 14.0. The number of fused-ring (bicyclic) bond motifs is 1. The molecule has 2 aromatic heterocycles. The van der Waals surface area contributed by atoms with Gasteiger partial charge in [0, 0.05) is 12.7 Å². The van der Waals surface area contributed by atoms with Crippen molar-refractivity contribution in [2.45, 2.75) is 26.3 Å². The molecule has 0 atom stereocenters. The molecule has 0 spiro atoms. The van der Waals surface area contributed by atoms with Gasteiger partial charge >= 0.3 is 0 Å². The van der Waals surface area contributed by atoms with Crippen molar-refractivity contribution < 1.29 is 5.11 Å². The van der Waals surface area contributed by atoms with Crippen LogP contribution < -0.4 is 5.32 Å². The minimum atomic E-state index is 0.0848. The van der Waals surface area contributed by atoms with Crippen molar-refractivity contribution in [3.63, 3.8) is 0 Å². The lowest BCUT2D eigenvalue weighted by atomic mass is 9.98. The topological polar surface area (TPSA) is 63.0 Å². The molecule has 1 aliphatic rings. The van der Waals surface area contributed by atoms with E-state index < -0.39 is 0 Å². The number of aryl methyl sites for hydroxylation is 1. The van der Waals surface area contributed by atoms with E-state index in [9.17, 15) is 5.11 Å². The first kappa shape index (κ1) is 11.5. The Balaban J connectivity index is 1.94. The summed E-state index contributed by atoms with van der Waals surface area (Å²) in [6, 6.07) is 0. The van der Waals surface area contributed by atoms with Gasteiger partial charge in [-0.15, -0.1) is 0 Å². The molecule has 0 unspecified atom stereocenters. The molecule has 0 amide bonds. The number of aromatic nitrogens is 3. The van der Waals surface area contributed by atoms with E-state index in [0.29, 0.717) is 5.92 Å². The molecule has 1 fully saturated rings. The summed E-state index contributed by atoms with van der Waals surface area (Å²) in [6.45, 7) is 5.17. The molecule has 0 aromatic carbocycles. The monoisotopic (exact) mass is 246 g/mol. The SMILES string of the molecule is Cc1cn(CC2CCNCC2)c2ncnc(O)c12. The molecule has 5 heteroatoms. The third-order valence-corrected chi connectivity index (χ3v) is 3.74. The molecule has 2 N–H and O–H groups in total. The largest absolute Gasteiger partial charge is 0.493 e. The lowest BCUT2D eigenvalue weighted by molar-refractivity contribution is 0.336. The Hall–Kier alpha value is -1.62. The first-order chi connectivity index (χ1) is 8.75. The lowest BCUT2D eigenvalue weighted by Gasteiger charge is -2.23. The van der Waals surface area contributed by atoms with E-state index in [2.05, 4.69) is 26.0 Å². The second-order valence-corrected chi connectivity index (χ2v) is 5.05. The van der Waals surface area contributed by atoms with Crippen LogP contribution in [0.5, 0.6) is 5.88 Å². The van der Waals surface area contributed by atoms with Crippen LogP contribution in [0.25, 0.3) is 11.0 Å². The van der Waals surface area contributed by atoms with Gasteiger partial charge in [0.05, 0.1) is 5.39 Å². The first-order valence-corrected chi connectivity index (χ1v) is 6.46. The lowest BCUT2D eigenvalue weighted by Crippen LogP contribution is -2.29. The van der Waals surface area contributed by atoms with Crippen LogP contribution in [0.1, 0.15) is 18.4 Å². The van der Waals surface area contributed by atoms with Gasteiger partial charge in [0.1, 0.15) is 12.0 Å². The number of aromatic hydroxyl groups is 1. The van der Waals surface area contributed by atoms with Crippen LogP contribution in [0, 0.1) is 12.8 Å². The fourth-order valence-corrected chi connectivity index (χ4v) is 2.78. The van der Waals surface area contributed by atoms with Gasteiger partial charge in [-0.2, -0.15) is 0 Å². The van der Waals surface area contributed by atoms with Gasteiger partial charge in [0.2, 0.25) is 5.88 Å². The number of piperidine rings is 1. The molecule has 3 rings (SSSR count). The maximum atomic E-state index is 9.80. The zero-order valence-electron chi connectivity index (χ0n) is 10.6. The molecule has 18 heavy (non-hydrogen) atoms. The highest BCUT2D eigenvalue weighted by Crippen LogP contribution is 2.27. The van der Waals surface area contributed by atoms with E-state index in [0.717, 1.165) is 36.2 Å². The third-order valence-electron chi connectivity index (χ3n) is 3.74. The molecule has 0 bridgehead atoms. The van der Waals surface area contributed by atoms with Crippen LogP contribution >= 0.6 is 0 Å². The van der Waals surface area contributed by atoms with Gasteiger partial charge in [0.25, 0.3) is 0 Å². The maximum Gasteiger partial charge on any atom is 0.223 e. The fourth-order valence-electron chi connectivity index (χ4n) is 2.78. The quantitative estimate of drug-likeness (QED) is 0.841. The van der Waals surface area contributed by atoms with E-state index in [1.807, 2.05) is 6.92 Å². The molecule has 1 aliphatic heterocycles. The number of nitrogens with zero attached hydrogens (tertiary/aromatic N) is 3. The van der Waals surface area contributed by atoms with Gasteiger partial charge in [-0.1, -0.05) is 0 Å². The Bertz CT molecular complexity index is 557. The first-order valence-electron chi connectivity index (χ1n) is 6.46. The van der Waals surface area contributed by atoms with E-state index >= 15 is 0 Å². The van der Waals surface area contributed by atoms with Crippen molar-refractivity contribution in [1.82, 2.24) is 19.9 Å². The predicted octanol–water partition coefficient (Wildman–Crippen LogP) is 1.44. The number of hydrogen-bond donors (Lipinski definition) is 2. The molecule has 0 aliphatic carbocycles. The number of nitrogens with one attached hydrogen (secondary N) is 1. The van der Waals surface area contributed by atoms with E-state index in [1.165, 1.54) is 19.2 Å². The molecule has 5 nitrogen and oxygen atoms in total. The summed E-state index contributed by atoms with van der Waals surface area (Å²) in [5.74, 6) is 0.778. The van der Waals surface area contributed by atoms with Gasteiger partial charge in [-0.3, -0.25) is 0 Å². The number of hydrogen-bond acceptors (Lipinski definition) is 4. The highest BCUT2D eigenvalue weighted by atomic mass is 16.3. The van der Waals surface area contributed by atoms with Crippen LogP contribution in [0.3, 0.4) is 0 Å². The van der Waals surface area contributed by atoms with Crippen molar-refractivity contribution in [3.05, 3.63) is 18.1 Å². The zero-order chi connectivity index (χ0) is 12.5. The summed E-state index contributed by atoms with van der Waals surface area (Å²) < 4.78 is 2.15. The van der Waals surface area contributed by atoms with Crippen molar-refractivity contribution in [2.75, 3.05) is 13.1 Å². The second-order valence-electron chi connectivity index (χ2n) is 5.05. The molecule has 96 valence electrons. The van der Waals surface area contributed by atoms with Crippen molar-refractivity contribution in [2.24, 2.45) is 5.92 Å². The van der Waals surface area contributed by atoms with E-state index in [-0.39, 0.29) is 5.88 Å². The summed E-state index contributed by atoms with van der Waals surface area (Å²) >= 11 is 0. The molecule has 1 saturated heterocycles. The van der Waals surface area contributed by atoms with Gasteiger partial charge in [0.15, 0.2) is 0 Å². The fraction of sp³-hybridized carbons (Fsp3) is 0.538. The van der Waals surface area contributed by atoms with Crippen LogP contribution in [0.2, 0.25) is 0 Å². The highest BCUT2D eigenvalue weighted by Gasteiger charge is 2.17. The average molecular weight is 246 g/mol. The molecule has 3 heterocycles. The Morgan fingerprint density at radius 3 is 2.94 bits per heavy atom. The van der Waals surface area contributed by atoms with Crippen LogP contribution in [-0.4, -0.2) is 32.7 Å². The molecule has 0 saturated carbocycles. The average Bonchev–Trinajstić information content (AvgIpc) is 2.69. The highest BCUT2D eigenvalue weighted by molar-refractivity contribution is 5.84. The van der Waals surface area contributed by atoms with Gasteiger partial charge in [-0.25, -0.2) is 9.97 Å². The number of rotatable bonds is 2. The maximum absolute atomic E-state index is 9.80. The second kappa shape index (κ2) is 4.57.